The highest BCUT2D eigenvalue weighted by Crippen LogP contribution is 2.38. The normalized spacial score (nSPS) is 16.8. The lowest BCUT2D eigenvalue weighted by molar-refractivity contribution is -0.137. The van der Waals surface area contributed by atoms with E-state index >= 15 is 0 Å². The number of pyridine rings is 1. The smallest absolute Gasteiger partial charge is 0.417 e. The van der Waals surface area contributed by atoms with E-state index in [1.165, 1.54) is 9.42 Å². The first-order valence-corrected chi connectivity index (χ1v) is 12.7. The Balaban J connectivity index is 1.53. The Labute approximate surface area is 226 Å². The van der Waals surface area contributed by atoms with Crippen LogP contribution in [0.15, 0.2) is 24.5 Å². The summed E-state index contributed by atoms with van der Waals surface area (Å²) in [6.45, 7) is 2.84. The van der Waals surface area contributed by atoms with Gasteiger partial charge in [-0.15, -0.1) is 5.10 Å². The van der Waals surface area contributed by atoms with Crippen LogP contribution in [0.3, 0.4) is 0 Å². The number of methoxy groups -OCH3 is 1. The number of carbonyl (C=O) groups is 2. The van der Waals surface area contributed by atoms with Crippen LogP contribution in [0.1, 0.15) is 24.0 Å². The van der Waals surface area contributed by atoms with E-state index in [0.29, 0.717) is 57.1 Å². The molecule has 0 bridgehead atoms. The van der Waals surface area contributed by atoms with Gasteiger partial charge < -0.3 is 24.4 Å². The van der Waals surface area contributed by atoms with Crippen molar-refractivity contribution in [2.24, 2.45) is 5.92 Å². The van der Waals surface area contributed by atoms with E-state index in [9.17, 15) is 27.9 Å². The summed E-state index contributed by atoms with van der Waals surface area (Å²) in [7, 11) is 1.09. The van der Waals surface area contributed by atoms with Crippen LogP contribution in [0, 0.1) is 5.92 Å². The molecule has 2 amide bonds. The van der Waals surface area contributed by atoms with Crippen molar-refractivity contribution in [2.75, 3.05) is 56.7 Å². The number of nitrogens with one attached hydrogen (secondary N) is 1. The van der Waals surface area contributed by atoms with Crippen molar-refractivity contribution >= 4 is 29.3 Å². The van der Waals surface area contributed by atoms with Crippen LogP contribution in [0.25, 0.3) is 16.9 Å². The zero-order chi connectivity index (χ0) is 28.4. The maximum absolute atomic E-state index is 14.1. The minimum absolute atomic E-state index is 0.171. The fourth-order valence-electron chi connectivity index (χ4n) is 5.02. The highest BCUT2D eigenvalue weighted by atomic mass is 19.4. The van der Waals surface area contributed by atoms with E-state index in [1.54, 1.807) is 6.20 Å². The summed E-state index contributed by atoms with van der Waals surface area (Å²) in [6.07, 6.45) is -1.77. The number of anilines is 2. The number of hydrogen-bond acceptors (Lipinski definition) is 8. The van der Waals surface area contributed by atoms with Crippen molar-refractivity contribution in [1.29, 1.82) is 0 Å². The molecule has 2 N–H and O–H groups in total. The summed E-state index contributed by atoms with van der Waals surface area (Å²) in [5, 5.41) is 15.8. The number of aromatic nitrogens is 4. The SMILES string of the molecule is COC(=O)Nc1cc(C(F)(F)F)c(-c2nc(N3CCOCC3)c3cc(CC4CCN(C(=O)O)CC4)cn3n2)cn1. The molecule has 5 heterocycles. The van der Waals surface area contributed by atoms with Crippen LogP contribution in [0.4, 0.5) is 34.4 Å². The van der Waals surface area contributed by atoms with Crippen molar-refractivity contribution in [2.45, 2.75) is 25.4 Å². The number of ether oxygens (including phenoxy) is 2. The number of likely N-dealkylation sites (tertiary alicyclic amines) is 1. The van der Waals surface area contributed by atoms with Crippen LogP contribution >= 0.6 is 0 Å². The van der Waals surface area contributed by atoms with Gasteiger partial charge in [0, 0.05) is 38.6 Å². The topological polar surface area (TPSA) is 134 Å². The van der Waals surface area contributed by atoms with Gasteiger partial charge in [0.05, 0.1) is 31.5 Å². The lowest BCUT2D eigenvalue weighted by Crippen LogP contribution is -2.37. The van der Waals surface area contributed by atoms with E-state index in [-0.39, 0.29) is 23.1 Å². The Morgan fingerprint density at radius 3 is 2.55 bits per heavy atom. The van der Waals surface area contributed by atoms with Crippen molar-refractivity contribution in [3.63, 3.8) is 0 Å². The lowest BCUT2D eigenvalue weighted by Gasteiger charge is -2.29. The summed E-state index contributed by atoms with van der Waals surface area (Å²) in [5.74, 6) is 0.248. The molecule has 5 rings (SSSR count). The molecule has 0 saturated carbocycles. The second-order valence-corrected chi connectivity index (χ2v) is 9.68. The molecule has 3 aromatic rings. The van der Waals surface area contributed by atoms with Gasteiger partial charge in [-0.05, 0) is 42.9 Å². The molecule has 0 unspecified atom stereocenters. The molecule has 2 aliphatic heterocycles. The zero-order valence-corrected chi connectivity index (χ0v) is 21.6. The molecule has 2 aliphatic rings. The van der Waals surface area contributed by atoms with Crippen LogP contribution in [0.5, 0.6) is 0 Å². The zero-order valence-electron chi connectivity index (χ0n) is 21.6. The van der Waals surface area contributed by atoms with Gasteiger partial charge in [-0.25, -0.2) is 24.1 Å². The van der Waals surface area contributed by atoms with Gasteiger partial charge in [0.15, 0.2) is 11.6 Å². The van der Waals surface area contributed by atoms with Crippen LogP contribution < -0.4 is 10.2 Å². The molecular formula is C25H28F3N7O5. The molecule has 2 saturated heterocycles. The number of halogens is 3. The fourth-order valence-corrected chi connectivity index (χ4v) is 5.02. The second-order valence-electron chi connectivity index (χ2n) is 9.68. The number of amides is 2. The molecule has 2 fully saturated rings. The maximum Gasteiger partial charge on any atom is 0.417 e. The van der Waals surface area contributed by atoms with Gasteiger partial charge in [-0.3, -0.25) is 5.32 Å². The lowest BCUT2D eigenvalue weighted by atomic mass is 9.91. The molecule has 214 valence electrons. The highest BCUT2D eigenvalue weighted by molar-refractivity contribution is 5.84. The summed E-state index contributed by atoms with van der Waals surface area (Å²) < 4.78 is 53.9. The standard InChI is InChI=1S/C25H28F3N7O5/c1-39-23(36)30-20-12-18(25(26,27)28)17(13-29-20)21-31-22(33-6-8-40-9-7-33)19-11-16(14-35(19)32-21)10-15-2-4-34(5-3-15)24(37)38/h11-15H,2-10H2,1H3,(H,37,38)(H,29,30,36). The van der Waals surface area contributed by atoms with Crippen molar-refractivity contribution in [1.82, 2.24) is 24.5 Å². The summed E-state index contributed by atoms with van der Waals surface area (Å²) in [6, 6.07) is 2.66. The predicted octanol–water partition coefficient (Wildman–Crippen LogP) is 3.76. The maximum atomic E-state index is 14.1. The molecule has 0 spiro atoms. The first kappa shape index (κ1) is 27.4. The van der Waals surface area contributed by atoms with Gasteiger partial charge in [0.2, 0.25) is 0 Å². The number of alkyl halides is 3. The van der Waals surface area contributed by atoms with Crippen LogP contribution in [0.2, 0.25) is 0 Å². The number of rotatable bonds is 5. The van der Waals surface area contributed by atoms with E-state index in [0.717, 1.165) is 37.8 Å². The molecule has 15 heteroatoms. The number of carbonyl (C=O) groups excluding carboxylic acids is 1. The summed E-state index contributed by atoms with van der Waals surface area (Å²) >= 11 is 0. The number of fused-ring (bicyclic) bond motifs is 1. The molecule has 0 atom stereocenters. The first-order chi connectivity index (χ1) is 19.1. The van der Waals surface area contributed by atoms with E-state index in [1.807, 2.05) is 11.0 Å². The Morgan fingerprint density at radius 2 is 1.90 bits per heavy atom. The predicted molar refractivity (Wildman–Crippen MR) is 136 cm³/mol. The quantitative estimate of drug-likeness (QED) is 0.476. The van der Waals surface area contributed by atoms with Crippen molar-refractivity contribution < 1.29 is 37.3 Å². The monoisotopic (exact) mass is 563 g/mol. The fraction of sp³-hybridized carbons (Fsp3) is 0.480. The Hall–Kier alpha value is -4.14. The van der Waals surface area contributed by atoms with E-state index in [4.69, 9.17) is 4.74 Å². The van der Waals surface area contributed by atoms with Crippen LogP contribution in [-0.2, 0) is 22.1 Å². The number of carboxylic acid groups (broad SMARTS) is 1. The molecule has 0 aliphatic carbocycles. The minimum Gasteiger partial charge on any atom is -0.465 e. The molecular weight excluding hydrogens is 535 g/mol. The largest absolute Gasteiger partial charge is 0.465 e. The average molecular weight is 564 g/mol. The molecule has 40 heavy (non-hydrogen) atoms. The van der Waals surface area contributed by atoms with Gasteiger partial charge in [-0.2, -0.15) is 13.2 Å². The first-order valence-electron chi connectivity index (χ1n) is 12.7. The molecule has 0 aromatic carbocycles. The Bertz CT molecular complexity index is 1400. The van der Waals surface area contributed by atoms with Gasteiger partial charge in [0.25, 0.3) is 0 Å². The highest BCUT2D eigenvalue weighted by Gasteiger charge is 2.36. The number of piperidine rings is 1. The number of morpholine rings is 1. The molecule has 0 radical (unpaired) electrons. The third-order valence-electron chi connectivity index (χ3n) is 7.09. The number of hydrogen-bond donors (Lipinski definition) is 2. The third kappa shape index (κ3) is 5.88. The summed E-state index contributed by atoms with van der Waals surface area (Å²) in [5.41, 5.74) is 0.185. The van der Waals surface area contributed by atoms with Crippen LogP contribution in [-0.4, -0.2) is 88.3 Å². The average Bonchev–Trinajstić information content (AvgIpc) is 3.35. The van der Waals surface area contributed by atoms with E-state index < -0.39 is 23.9 Å². The number of nitrogens with zero attached hydrogens (tertiary/aromatic N) is 6. The van der Waals surface area contributed by atoms with Crippen molar-refractivity contribution in [3.05, 3.63) is 35.7 Å². The molecule has 12 nitrogen and oxygen atoms in total. The van der Waals surface area contributed by atoms with Crippen molar-refractivity contribution in [3.8, 4) is 11.4 Å². The second kappa shape index (κ2) is 11.2. The Morgan fingerprint density at radius 1 is 1.18 bits per heavy atom. The van der Waals surface area contributed by atoms with Gasteiger partial charge in [0.1, 0.15) is 11.3 Å². The van der Waals surface area contributed by atoms with E-state index in [2.05, 4.69) is 25.1 Å². The molecule has 3 aromatic heterocycles. The third-order valence-corrected chi connectivity index (χ3v) is 7.09. The Kier molecular flexibility index (Phi) is 7.65. The summed E-state index contributed by atoms with van der Waals surface area (Å²) in [4.78, 5) is 34.7. The van der Waals surface area contributed by atoms with Gasteiger partial charge >= 0.3 is 18.4 Å². The van der Waals surface area contributed by atoms with Gasteiger partial charge in [-0.1, -0.05) is 0 Å². The minimum atomic E-state index is -4.78.